The number of carbonyl (C=O) groups excluding carboxylic acids is 2. The number of Topliss-reactive ketones (excluding diaryl/α,β-unsaturated/α-hetero) is 1. The van der Waals surface area contributed by atoms with Crippen LogP contribution in [0, 0.1) is 6.92 Å². The van der Waals surface area contributed by atoms with Crippen LogP contribution in [0.3, 0.4) is 0 Å². The fourth-order valence-electron chi connectivity index (χ4n) is 1.49. The van der Waals surface area contributed by atoms with E-state index in [1.165, 1.54) is 11.8 Å². The average molecular weight is 219 g/mol. The van der Waals surface area contributed by atoms with Crippen molar-refractivity contribution in [1.29, 1.82) is 0 Å². The molecular formula is C13H17NO2. The van der Waals surface area contributed by atoms with Crippen LogP contribution in [0.2, 0.25) is 0 Å². The molecule has 1 unspecified atom stereocenters. The molecule has 0 aliphatic carbocycles. The lowest BCUT2D eigenvalue weighted by Gasteiger charge is -2.22. The van der Waals surface area contributed by atoms with Gasteiger partial charge in [0.1, 0.15) is 0 Å². The molecule has 0 heterocycles. The number of likely N-dealkylation sites (N-methyl/N-ethyl adjacent to an activating group) is 1. The van der Waals surface area contributed by atoms with Crippen molar-refractivity contribution < 1.29 is 9.59 Å². The molecule has 0 saturated carbocycles. The summed E-state index contributed by atoms with van der Waals surface area (Å²) in [6.07, 6.45) is 0. The molecule has 1 atom stereocenters. The van der Waals surface area contributed by atoms with Crippen LogP contribution in [0.15, 0.2) is 24.3 Å². The molecule has 0 N–H and O–H groups in total. The molecule has 0 aliphatic rings. The Morgan fingerprint density at radius 2 is 1.94 bits per heavy atom. The number of hydrogen-bond donors (Lipinski definition) is 0. The lowest BCUT2D eigenvalue weighted by atomic mass is 10.0. The number of benzene rings is 1. The van der Waals surface area contributed by atoms with Gasteiger partial charge in [-0.3, -0.25) is 9.59 Å². The molecular weight excluding hydrogens is 202 g/mol. The van der Waals surface area contributed by atoms with Crippen molar-refractivity contribution in [2.45, 2.75) is 26.8 Å². The first kappa shape index (κ1) is 12.4. The van der Waals surface area contributed by atoms with Crippen molar-refractivity contribution in [1.82, 2.24) is 4.90 Å². The number of amides is 1. The molecule has 0 bridgehead atoms. The predicted molar refractivity (Wildman–Crippen MR) is 63.4 cm³/mol. The van der Waals surface area contributed by atoms with Gasteiger partial charge in [0.25, 0.3) is 0 Å². The number of ketones is 1. The van der Waals surface area contributed by atoms with Crippen LogP contribution in [0.1, 0.15) is 29.8 Å². The third-order valence-electron chi connectivity index (χ3n) is 2.76. The Balaban J connectivity index is 2.90. The molecule has 0 aliphatic heterocycles. The third-order valence-corrected chi connectivity index (χ3v) is 2.76. The highest BCUT2D eigenvalue weighted by atomic mass is 16.2. The number of hydrogen-bond acceptors (Lipinski definition) is 2. The number of nitrogens with zero attached hydrogens (tertiary/aromatic N) is 1. The van der Waals surface area contributed by atoms with E-state index >= 15 is 0 Å². The second-order valence-electron chi connectivity index (χ2n) is 4.04. The average Bonchev–Trinajstić information content (AvgIpc) is 2.26. The summed E-state index contributed by atoms with van der Waals surface area (Å²) in [6.45, 7) is 5.14. The van der Waals surface area contributed by atoms with E-state index < -0.39 is 6.04 Å². The molecule has 86 valence electrons. The Morgan fingerprint density at radius 3 is 2.44 bits per heavy atom. The first-order valence-electron chi connectivity index (χ1n) is 5.27. The van der Waals surface area contributed by atoms with Crippen molar-refractivity contribution in [2.24, 2.45) is 0 Å². The van der Waals surface area contributed by atoms with Crippen LogP contribution in [0.4, 0.5) is 0 Å². The first-order chi connectivity index (χ1) is 7.43. The highest BCUT2D eigenvalue weighted by Crippen LogP contribution is 2.10. The van der Waals surface area contributed by atoms with Gasteiger partial charge in [0.2, 0.25) is 5.91 Å². The SMILES string of the molecule is CC(=O)N(C)C(C)C(=O)c1cccc(C)c1. The van der Waals surface area contributed by atoms with E-state index in [9.17, 15) is 9.59 Å². The van der Waals surface area contributed by atoms with E-state index in [0.29, 0.717) is 5.56 Å². The van der Waals surface area contributed by atoms with Crippen molar-refractivity contribution in [2.75, 3.05) is 7.05 Å². The molecule has 1 aromatic rings. The van der Waals surface area contributed by atoms with Crippen LogP contribution in [0.25, 0.3) is 0 Å². The maximum Gasteiger partial charge on any atom is 0.219 e. The van der Waals surface area contributed by atoms with Gasteiger partial charge >= 0.3 is 0 Å². The van der Waals surface area contributed by atoms with Crippen LogP contribution in [-0.4, -0.2) is 29.7 Å². The number of aryl methyl sites for hydroxylation is 1. The van der Waals surface area contributed by atoms with Gasteiger partial charge in [0.15, 0.2) is 5.78 Å². The van der Waals surface area contributed by atoms with Crippen LogP contribution in [-0.2, 0) is 4.79 Å². The minimum Gasteiger partial charge on any atom is -0.336 e. The van der Waals surface area contributed by atoms with Gasteiger partial charge in [0, 0.05) is 19.5 Å². The maximum absolute atomic E-state index is 12.0. The predicted octanol–water partition coefficient (Wildman–Crippen LogP) is 2.04. The fourth-order valence-corrected chi connectivity index (χ4v) is 1.49. The molecule has 0 saturated heterocycles. The van der Waals surface area contributed by atoms with E-state index in [4.69, 9.17) is 0 Å². The fraction of sp³-hybridized carbons (Fsp3) is 0.385. The highest BCUT2D eigenvalue weighted by Gasteiger charge is 2.21. The zero-order chi connectivity index (χ0) is 12.3. The van der Waals surface area contributed by atoms with E-state index in [1.54, 1.807) is 20.0 Å². The molecule has 3 nitrogen and oxygen atoms in total. The normalized spacial score (nSPS) is 12.0. The number of carbonyl (C=O) groups is 2. The minimum atomic E-state index is -0.417. The summed E-state index contributed by atoms with van der Waals surface area (Å²) in [4.78, 5) is 24.7. The third kappa shape index (κ3) is 2.69. The molecule has 0 fully saturated rings. The zero-order valence-corrected chi connectivity index (χ0v) is 10.2. The van der Waals surface area contributed by atoms with Gasteiger partial charge in [-0.2, -0.15) is 0 Å². The Hall–Kier alpha value is -1.64. The summed E-state index contributed by atoms with van der Waals surface area (Å²) in [6, 6.07) is 6.99. The molecule has 3 heteroatoms. The summed E-state index contributed by atoms with van der Waals surface area (Å²) in [5.74, 6) is -0.130. The van der Waals surface area contributed by atoms with Gasteiger partial charge in [-0.05, 0) is 19.9 Å². The van der Waals surface area contributed by atoms with Crippen LogP contribution >= 0.6 is 0 Å². The lowest BCUT2D eigenvalue weighted by Crippen LogP contribution is -2.39. The van der Waals surface area contributed by atoms with Gasteiger partial charge in [-0.1, -0.05) is 23.8 Å². The van der Waals surface area contributed by atoms with Gasteiger partial charge in [-0.15, -0.1) is 0 Å². The van der Waals surface area contributed by atoms with Crippen LogP contribution < -0.4 is 0 Å². The van der Waals surface area contributed by atoms with E-state index in [1.807, 2.05) is 25.1 Å². The summed E-state index contributed by atoms with van der Waals surface area (Å²) < 4.78 is 0. The Labute approximate surface area is 96.1 Å². The summed E-state index contributed by atoms with van der Waals surface area (Å²) >= 11 is 0. The van der Waals surface area contributed by atoms with Gasteiger partial charge in [0.05, 0.1) is 6.04 Å². The monoisotopic (exact) mass is 219 g/mol. The Morgan fingerprint density at radius 1 is 1.31 bits per heavy atom. The van der Waals surface area contributed by atoms with Crippen molar-refractivity contribution in [3.63, 3.8) is 0 Å². The lowest BCUT2D eigenvalue weighted by molar-refractivity contribution is -0.128. The van der Waals surface area contributed by atoms with E-state index in [0.717, 1.165) is 5.56 Å². The van der Waals surface area contributed by atoms with Crippen molar-refractivity contribution >= 4 is 11.7 Å². The molecule has 0 radical (unpaired) electrons. The topological polar surface area (TPSA) is 37.4 Å². The minimum absolute atomic E-state index is 0.0265. The first-order valence-corrected chi connectivity index (χ1v) is 5.27. The van der Waals surface area contributed by atoms with Crippen LogP contribution in [0.5, 0.6) is 0 Å². The molecule has 0 aromatic heterocycles. The largest absolute Gasteiger partial charge is 0.336 e. The number of rotatable bonds is 3. The zero-order valence-electron chi connectivity index (χ0n) is 10.2. The standard InChI is InChI=1S/C13H17NO2/c1-9-6-5-7-12(8-9)13(16)10(2)14(4)11(3)15/h5-8,10H,1-4H3. The second-order valence-corrected chi connectivity index (χ2v) is 4.04. The Bertz CT molecular complexity index is 412. The summed E-state index contributed by atoms with van der Waals surface area (Å²) in [5.41, 5.74) is 1.70. The quantitative estimate of drug-likeness (QED) is 0.729. The summed E-state index contributed by atoms with van der Waals surface area (Å²) in [5, 5.41) is 0. The molecule has 1 aromatic carbocycles. The molecule has 0 spiro atoms. The highest BCUT2D eigenvalue weighted by molar-refractivity contribution is 6.01. The van der Waals surface area contributed by atoms with E-state index in [-0.39, 0.29) is 11.7 Å². The molecule has 1 amide bonds. The summed E-state index contributed by atoms with van der Waals surface area (Å²) in [7, 11) is 1.64. The Kier molecular flexibility index (Phi) is 3.82. The maximum atomic E-state index is 12.0. The smallest absolute Gasteiger partial charge is 0.219 e. The van der Waals surface area contributed by atoms with E-state index in [2.05, 4.69) is 0 Å². The molecule has 16 heavy (non-hydrogen) atoms. The second kappa shape index (κ2) is 4.92. The van der Waals surface area contributed by atoms with Crippen molar-refractivity contribution in [3.8, 4) is 0 Å². The van der Waals surface area contributed by atoms with Gasteiger partial charge < -0.3 is 4.90 Å². The van der Waals surface area contributed by atoms with Gasteiger partial charge in [-0.25, -0.2) is 0 Å². The van der Waals surface area contributed by atoms with Crippen molar-refractivity contribution in [3.05, 3.63) is 35.4 Å². The molecule has 1 rings (SSSR count).